The van der Waals surface area contributed by atoms with Crippen molar-refractivity contribution in [2.75, 3.05) is 6.61 Å². The quantitative estimate of drug-likeness (QED) is 0.266. The minimum atomic E-state index is -1.47. The average Bonchev–Trinajstić information content (AvgIpc) is 3.55. The van der Waals surface area contributed by atoms with Crippen LogP contribution < -0.4 is 5.32 Å². The highest BCUT2D eigenvalue weighted by Gasteiger charge is 2.51. The highest BCUT2D eigenvalue weighted by Crippen LogP contribution is 2.39. The van der Waals surface area contributed by atoms with E-state index in [1.165, 1.54) is 13.8 Å². The van der Waals surface area contributed by atoms with Crippen LogP contribution in [0.3, 0.4) is 0 Å². The lowest BCUT2D eigenvalue weighted by Crippen LogP contribution is -2.57. The molecule has 1 unspecified atom stereocenters. The Morgan fingerprint density at radius 3 is 2.22 bits per heavy atom. The monoisotopic (exact) mass is 562 g/mol. The van der Waals surface area contributed by atoms with Crippen molar-refractivity contribution in [1.29, 1.82) is 0 Å². The van der Waals surface area contributed by atoms with Crippen molar-refractivity contribution in [3.63, 3.8) is 0 Å². The largest absolute Gasteiger partial charge is 0.477 e. The molecule has 0 aliphatic carbocycles. The first-order valence-corrected chi connectivity index (χ1v) is 13.6. The van der Waals surface area contributed by atoms with Gasteiger partial charge in [0.2, 0.25) is 5.82 Å². The molecule has 11 heteroatoms. The molecule has 3 aromatic rings. The lowest BCUT2D eigenvalue weighted by molar-refractivity contribution is -0.158. The third kappa shape index (κ3) is 6.25. The van der Waals surface area contributed by atoms with E-state index >= 15 is 0 Å². The first-order valence-electron chi connectivity index (χ1n) is 13.6. The second-order valence-corrected chi connectivity index (χ2v) is 11.9. The third-order valence-electron chi connectivity index (χ3n) is 7.03. The molecule has 0 spiro atoms. The number of aromatic amines is 1. The Balaban J connectivity index is 1.72. The Hall–Kier alpha value is -4.25. The number of tetrazole rings is 1. The van der Waals surface area contributed by atoms with Gasteiger partial charge in [0.25, 0.3) is 0 Å². The fourth-order valence-electron chi connectivity index (χ4n) is 4.98. The number of rotatable bonds is 10. The molecule has 2 heterocycles. The van der Waals surface area contributed by atoms with Gasteiger partial charge in [0, 0.05) is 12.1 Å². The summed E-state index contributed by atoms with van der Waals surface area (Å²) in [5.41, 5.74) is 0.373. The number of carboxylic acids is 1. The molecular weight excluding hydrogens is 524 g/mol. The lowest BCUT2D eigenvalue weighted by atomic mass is 9.96. The van der Waals surface area contributed by atoms with Crippen molar-refractivity contribution in [1.82, 2.24) is 30.8 Å². The van der Waals surface area contributed by atoms with Crippen LogP contribution in [0.4, 0.5) is 0 Å². The van der Waals surface area contributed by atoms with Gasteiger partial charge in [-0.05, 0) is 62.9 Å². The maximum atomic E-state index is 12.7. The number of carbonyl (C=O) groups is 2. The summed E-state index contributed by atoms with van der Waals surface area (Å²) >= 11 is 0. The number of hydrogen-bond donors (Lipinski definition) is 4. The molecule has 1 aliphatic rings. The summed E-state index contributed by atoms with van der Waals surface area (Å²) in [6, 6.07) is 15.5. The van der Waals surface area contributed by atoms with E-state index in [4.69, 9.17) is 4.74 Å². The van der Waals surface area contributed by atoms with Crippen molar-refractivity contribution in [3.8, 4) is 22.5 Å². The van der Waals surface area contributed by atoms with E-state index in [1.807, 2.05) is 55.5 Å². The van der Waals surface area contributed by atoms with Crippen LogP contribution in [0.2, 0.25) is 0 Å². The van der Waals surface area contributed by atoms with Crippen LogP contribution in [0, 0.1) is 5.41 Å². The van der Waals surface area contributed by atoms with Crippen molar-refractivity contribution < 1.29 is 24.5 Å². The van der Waals surface area contributed by atoms with Crippen LogP contribution in [0.15, 0.2) is 59.9 Å². The van der Waals surface area contributed by atoms with Crippen LogP contribution in [0.25, 0.3) is 22.5 Å². The molecule has 218 valence electrons. The number of ether oxygens (including phenoxy) is 1. The van der Waals surface area contributed by atoms with Gasteiger partial charge in [0.1, 0.15) is 23.6 Å². The molecule has 1 aliphatic heterocycles. The van der Waals surface area contributed by atoms with Crippen molar-refractivity contribution in [3.05, 3.63) is 65.5 Å². The van der Waals surface area contributed by atoms with Gasteiger partial charge in [-0.25, -0.2) is 4.79 Å². The smallest absolute Gasteiger partial charge is 0.354 e. The molecule has 11 nitrogen and oxygen atoms in total. The lowest BCUT2D eigenvalue weighted by Gasteiger charge is -2.41. The maximum Gasteiger partial charge on any atom is 0.354 e. The van der Waals surface area contributed by atoms with Crippen molar-refractivity contribution in [2.45, 2.75) is 72.2 Å². The summed E-state index contributed by atoms with van der Waals surface area (Å²) < 4.78 is 5.77. The number of carboxylic acid groups (broad SMARTS) is 1. The van der Waals surface area contributed by atoms with Gasteiger partial charge in [-0.15, -0.1) is 10.2 Å². The second-order valence-electron chi connectivity index (χ2n) is 11.9. The summed E-state index contributed by atoms with van der Waals surface area (Å²) in [7, 11) is 0. The van der Waals surface area contributed by atoms with Crippen LogP contribution in [0.5, 0.6) is 0 Å². The number of esters is 1. The number of H-pyrrole nitrogens is 1. The topological polar surface area (TPSA) is 154 Å². The van der Waals surface area contributed by atoms with Gasteiger partial charge in [0.15, 0.2) is 0 Å². The molecule has 0 fully saturated rings. The molecule has 1 atom stereocenters. The predicted molar refractivity (Wildman–Crippen MR) is 153 cm³/mol. The number of hydrogen-bond acceptors (Lipinski definition) is 9. The number of nitrogens with one attached hydrogen (secondary N) is 2. The maximum absolute atomic E-state index is 12.7. The zero-order valence-electron chi connectivity index (χ0n) is 24.4. The van der Waals surface area contributed by atoms with Gasteiger partial charge < -0.3 is 25.2 Å². The van der Waals surface area contributed by atoms with Crippen LogP contribution in [0.1, 0.15) is 59.9 Å². The van der Waals surface area contributed by atoms with E-state index < -0.39 is 28.6 Å². The molecular formula is C30H38N6O5. The fourth-order valence-corrected chi connectivity index (χ4v) is 4.98. The molecule has 1 aromatic heterocycles. The van der Waals surface area contributed by atoms with Crippen molar-refractivity contribution >= 4 is 11.9 Å². The highest BCUT2D eigenvalue weighted by molar-refractivity contribution is 5.88. The van der Waals surface area contributed by atoms with Gasteiger partial charge in [-0.3, -0.25) is 4.79 Å². The summed E-state index contributed by atoms with van der Waals surface area (Å²) in [5, 5.41) is 39.0. The van der Waals surface area contributed by atoms with E-state index in [0.717, 1.165) is 22.3 Å². The average molecular weight is 563 g/mol. The second kappa shape index (κ2) is 11.3. The minimum absolute atomic E-state index is 0.0516. The molecule has 0 radical (unpaired) electrons. The number of aromatic nitrogens is 4. The van der Waals surface area contributed by atoms with E-state index in [0.29, 0.717) is 18.7 Å². The third-order valence-corrected chi connectivity index (χ3v) is 7.03. The van der Waals surface area contributed by atoms with E-state index in [9.17, 15) is 19.8 Å². The van der Waals surface area contributed by atoms with Gasteiger partial charge in [-0.1, -0.05) is 61.9 Å². The SMILES string of the molecule is CCCC1(COC(=O)C(C)(C)C)NC(C(C)(C)O)=C(C(=O)O)N1Cc1ccc(-c2ccccc2-c2nn[nH]n2)cc1. The van der Waals surface area contributed by atoms with E-state index in [1.54, 1.807) is 25.7 Å². The Bertz CT molecular complexity index is 1420. The minimum Gasteiger partial charge on any atom is -0.477 e. The van der Waals surface area contributed by atoms with Crippen molar-refractivity contribution in [2.24, 2.45) is 5.41 Å². The van der Waals surface area contributed by atoms with Gasteiger partial charge >= 0.3 is 11.9 Å². The normalized spacial score (nSPS) is 17.5. The first-order chi connectivity index (χ1) is 19.3. The molecule has 0 saturated heterocycles. The van der Waals surface area contributed by atoms with E-state index in [-0.39, 0.29) is 24.5 Å². The first kappa shape index (κ1) is 29.7. The Labute approximate surface area is 239 Å². The molecule has 4 rings (SSSR count). The zero-order chi connectivity index (χ0) is 30.0. The molecule has 0 bridgehead atoms. The molecule has 41 heavy (non-hydrogen) atoms. The fraction of sp³-hybridized carbons (Fsp3) is 0.433. The Kier molecular flexibility index (Phi) is 8.21. The molecule has 4 N–H and O–H groups in total. The van der Waals surface area contributed by atoms with Crippen LogP contribution >= 0.6 is 0 Å². The number of carbonyl (C=O) groups excluding carboxylic acids is 1. The van der Waals surface area contributed by atoms with Crippen LogP contribution in [-0.4, -0.2) is 65.5 Å². The number of nitrogens with zero attached hydrogens (tertiary/aromatic N) is 4. The number of benzene rings is 2. The molecule has 0 amide bonds. The summed E-state index contributed by atoms with van der Waals surface area (Å²) in [4.78, 5) is 27.1. The summed E-state index contributed by atoms with van der Waals surface area (Å²) in [6.45, 7) is 10.5. The Morgan fingerprint density at radius 2 is 1.68 bits per heavy atom. The summed E-state index contributed by atoms with van der Waals surface area (Å²) in [5.74, 6) is -1.09. The predicted octanol–water partition coefficient (Wildman–Crippen LogP) is 4.09. The highest BCUT2D eigenvalue weighted by atomic mass is 16.5. The standard InChI is InChI=1S/C30H38N6O5/c1-7-16-30(18-41-27(39)28(2,3)4)31-24(29(5,6)40)23(26(37)38)36(30)17-19-12-14-20(15-13-19)21-10-8-9-11-22(21)25-32-34-35-33-25/h8-15,31,40H,7,16-18H2,1-6H3,(H,37,38)(H,32,33,34,35). The number of aliphatic carboxylic acids is 1. The summed E-state index contributed by atoms with van der Waals surface area (Å²) in [6.07, 6.45) is 1.14. The van der Waals surface area contributed by atoms with E-state index in [2.05, 4.69) is 25.9 Å². The van der Waals surface area contributed by atoms with Crippen LogP contribution in [-0.2, 0) is 20.9 Å². The van der Waals surface area contributed by atoms with Gasteiger partial charge in [0.05, 0.1) is 11.1 Å². The molecule has 0 saturated carbocycles. The van der Waals surface area contributed by atoms with Gasteiger partial charge in [-0.2, -0.15) is 5.21 Å². The number of aliphatic hydroxyl groups is 1. The zero-order valence-corrected chi connectivity index (χ0v) is 24.4. The molecule has 2 aromatic carbocycles. The Morgan fingerprint density at radius 1 is 1.02 bits per heavy atom.